The van der Waals surface area contributed by atoms with E-state index in [4.69, 9.17) is 43.0 Å². The van der Waals surface area contributed by atoms with Crippen molar-refractivity contribution in [2.24, 2.45) is 0 Å². The zero-order chi connectivity index (χ0) is 67.2. The number of rotatable bonds is 67. The lowest BCUT2D eigenvalue weighted by Crippen LogP contribution is -2.44. The van der Waals surface area contributed by atoms with Crippen LogP contribution >= 0.6 is 9.24 Å². The molecule has 0 radical (unpaired) electrons. The van der Waals surface area contributed by atoms with E-state index in [1.54, 1.807) is 0 Å². The van der Waals surface area contributed by atoms with E-state index in [2.05, 4.69) is 51.8 Å². The fourth-order valence-corrected chi connectivity index (χ4v) is 8.74. The molecular formula is C60H109N8O22P. The van der Waals surface area contributed by atoms with Gasteiger partial charge >= 0.3 is 17.9 Å². The van der Waals surface area contributed by atoms with Gasteiger partial charge in [-0.1, -0.05) is 93.2 Å². The minimum absolute atomic E-state index is 0.0279. The summed E-state index contributed by atoms with van der Waals surface area (Å²) in [5, 5.41) is 49.1. The first-order valence-corrected chi connectivity index (χ1v) is 32.8. The first-order valence-electron chi connectivity index (χ1n) is 32.2. The van der Waals surface area contributed by atoms with Crippen molar-refractivity contribution < 1.29 is 106 Å². The second-order valence-corrected chi connectivity index (χ2v) is 21.8. The Hall–Kier alpha value is -5.56. The molecule has 4 atom stereocenters. The quantitative estimate of drug-likeness (QED) is 0.0302. The molecule has 0 bridgehead atoms. The highest BCUT2D eigenvalue weighted by Gasteiger charge is 2.25. The maximum Gasteiger partial charge on any atom is 0.326 e. The summed E-state index contributed by atoms with van der Waals surface area (Å²) in [4.78, 5) is 131. The summed E-state index contributed by atoms with van der Waals surface area (Å²) in [5.41, 5.74) is 0.0279. The van der Waals surface area contributed by atoms with Gasteiger partial charge in [-0.25, -0.2) is 9.59 Å². The predicted octanol–water partition coefficient (Wildman–Crippen LogP) is 1.28. The monoisotopic (exact) mass is 1320 g/mol. The van der Waals surface area contributed by atoms with Crippen LogP contribution in [0.4, 0.5) is 0 Å². The molecule has 0 fully saturated rings. The summed E-state index contributed by atoms with van der Waals surface area (Å²) in [5.74, 6) is -6.37. The number of hydrogen-bond acceptors (Lipinski definition) is 20. The van der Waals surface area contributed by atoms with E-state index in [-0.39, 0.29) is 206 Å². The smallest absolute Gasteiger partial charge is 0.326 e. The molecule has 0 aromatic rings. The molecule has 0 aromatic heterocycles. The molecular weight excluding hydrogens is 1220 g/mol. The molecule has 0 aliphatic heterocycles. The van der Waals surface area contributed by atoms with Crippen LogP contribution in [0.25, 0.3) is 0 Å². The van der Waals surface area contributed by atoms with Crippen LogP contribution in [0.5, 0.6) is 0 Å². The third kappa shape index (κ3) is 59.2. The van der Waals surface area contributed by atoms with Gasteiger partial charge in [-0.3, -0.25) is 43.2 Å². The van der Waals surface area contributed by atoms with Crippen molar-refractivity contribution in [2.75, 3.05) is 145 Å². The number of hydrogen-bond donors (Lipinski definition) is 11. The SMILES string of the molecule is CCN[C@@H](CCCCNC(=O)COCCOCCNC(=O)COCCOCCNC(=O)COCCOCCNC(=O)COCCOCCNC(=O)CC[C@H](NC(=O)CC[C@H](NC(=O)CCCCCCCCCCCCCCCCC(=O)O)C(=O)O)C(=O)O)C(=O)P. The van der Waals surface area contributed by atoms with Crippen LogP contribution in [0, 0.1) is 0 Å². The molecule has 0 aliphatic rings. The zero-order valence-corrected chi connectivity index (χ0v) is 54.9. The summed E-state index contributed by atoms with van der Waals surface area (Å²) in [6.07, 6.45) is 16.0. The van der Waals surface area contributed by atoms with E-state index in [1.165, 1.54) is 25.7 Å². The first kappa shape index (κ1) is 85.4. The summed E-state index contributed by atoms with van der Waals surface area (Å²) in [6, 6.07) is -2.92. The average molecular weight is 1330 g/mol. The molecule has 0 aromatic carbocycles. The summed E-state index contributed by atoms with van der Waals surface area (Å²) < 4.78 is 42.7. The molecule has 1 unspecified atom stereocenters. The molecule has 7 amide bonds. The highest BCUT2D eigenvalue weighted by atomic mass is 31.0. The molecule has 91 heavy (non-hydrogen) atoms. The summed E-state index contributed by atoms with van der Waals surface area (Å²) >= 11 is 0. The van der Waals surface area contributed by atoms with E-state index < -0.39 is 47.7 Å². The topological polar surface area (TPSA) is 419 Å². The van der Waals surface area contributed by atoms with Crippen LogP contribution in [0.1, 0.15) is 155 Å². The van der Waals surface area contributed by atoms with Crippen molar-refractivity contribution in [3.63, 3.8) is 0 Å². The number of nitrogens with one attached hydrogen (secondary N) is 8. The van der Waals surface area contributed by atoms with Gasteiger partial charge in [-0.05, 0) is 51.5 Å². The minimum atomic E-state index is -1.41. The van der Waals surface area contributed by atoms with E-state index in [9.17, 15) is 63.0 Å². The lowest BCUT2D eigenvalue weighted by atomic mass is 10.0. The molecule has 0 spiro atoms. The molecule has 0 saturated carbocycles. The number of unbranched alkanes of at least 4 members (excludes halogenated alkanes) is 14. The molecule has 0 rings (SSSR count). The molecule has 31 heteroatoms. The maximum absolute atomic E-state index is 12.6. The number of carboxylic acid groups (broad SMARTS) is 3. The Bertz CT molecular complexity index is 2000. The average Bonchev–Trinajstić information content (AvgIpc) is 3.68. The van der Waals surface area contributed by atoms with Gasteiger partial charge in [-0.15, -0.1) is 0 Å². The van der Waals surface area contributed by atoms with E-state index in [1.807, 2.05) is 6.92 Å². The van der Waals surface area contributed by atoms with E-state index >= 15 is 0 Å². The molecule has 0 saturated heterocycles. The van der Waals surface area contributed by atoms with Crippen molar-refractivity contribution in [2.45, 2.75) is 173 Å². The number of likely N-dealkylation sites (N-methyl/N-ethyl adjacent to an activating group) is 1. The Balaban J connectivity index is 3.76. The number of carbonyl (C=O) groups is 11. The van der Waals surface area contributed by atoms with Crippen LogP contribution in [0.3, 0.4) is 0 Å². The minimum Gasteiger partial charge on any atom is -0.481 e. The van der Waals surface area contributed by atoms with Gasteiger partial charge in [0.25, 0.3) is 0 Å². The first-order chi connectivity index (χ1) is 43.9. The summed E-state index contributed by atoms with van der Waals surface area (Å²) in [7, 11) is 2.20. The molecule has 30 nitrogen and oxygen atoms in total. The third-order valence-corrected chi connectivity index (χ3v) is 13.8. The van der Waals surface area contributed by atoms with Crippen molar-refractivity contribution in [3.8, 4) is 0 Å². The van der Waals surface area contributed by atoms with Crippen molar-refractivity contribution >= 4 is 74.0 Å². The lowest BCUT2D eigenvalue weighted by Gasteiger charge is -2.17. The Kier molecular flexibility index (Phi) is 58.1. The Morgan fingerprint density at radius 2 is 0.626 bits per heavy atom. The number of carbonyl (C=O) groups excluding carboxylic acids is 8. The molecule has 0 aliphatic carbocycles. The van der Waals surface area contributed by atoms with Gasteiger partial charge in [0.15, 0.2) is 5.52 Å². The standard InChI is InChI=1S/C60H109N8O22P/c1-2-61-49(60(82)91)19-17-18-26-62-53(72)43-87-39-36-84-32-28-64-55(74)45-89-41-38-86-34-30-66-56(75)46-90-42-37-85-33-29-65-54(73)44-88-40-35-83-31-27-63-50(69)24-22-47(58(78)79)68-52(71)25-23-48(59(80)81)67-51(70)20-15-13-11-9-7-5-3-4-6-8-10-12-14-16-21-57(76)77/h47-49,61H,2-46,91H2,1H3,(H,62,72)(H,63,69)(H,64,74)(H,65,73)(H,66,75)(H,67,70)(H,68,71)(H,76,77)(H,78,79)(H,80,81)/t47-,48-,49-/m0/s1. The second kappa shape index (κ2) is 61.9. The van der Waals surface area contributed by atoms with Crippen molar-refractivity contribution in [3.05, 3.63) is 0 Å². The van der Waals surface area contributed by atoms with Crippen LogP contribution in [0.2, 0.25) is 0 Å². The number of amides is 7. The van der Waals surface area contributed by atoms with Gasteiger partial charge < -0.3 is 95.7 Å². The fraction of sp³-hybridized carbons (Fsp3) is 0.817. The Morgan fingerprint density at radius 1 is 0.319 bits per heavy atom. The maximum atomic E-state index is 12.6. The predicted molar refractivity (Wildman–Crippen MR) is 337 cm³/mol. The Morgan fingerprint density at radius 3 is 0.967 bits per heavy atom. The molecule has 0 heterocycles. The van der Waals surface area contributed by atoms with Gasteiger partial charge in [0.1, 0.15) is 38.5 Å². The number of ether oxygens (including phenoxy) is 8. The number of carboxylic acids is 3. The van der Waals surface area contributed by atoms with Crippen molar-refractivity contribution in [1.29, 1.82) is 0 Å². The lowest BCUT2D eigenvalue weighted by molar-refractivity contribution is -0.143. The fourth-order valence-electron chi connectivity index (χ4n) is 8.46. The normalized spacial score (nSPS) is 12.1. The second-order valence-electron chi connectivity index (χ2n) is 21.3. The zero-order valence-electron chi connectivity index (χ0n) is 53.7. The molecule has 526 valence electrons. The van der Waals surface area contributed by atoms with Crippen molar-refractivity contribution in [1.82, 2.24) is 42.5 Å². The van der Waals surface area contributed by atoms with E-state index in [0.29, 0.717) is 25.9 Å². The highest BCUT2D eigenvalue weighted by Crippen LogP contribution is 2.14. The van der Waals surface area contributed by atoms with Gasteiger partial charge in [0.2, 0.25) is 41.4 Å². The number of aliphatic carboxylic acids is 3. The van der Waals surface area contributed by atoms with Gasteiger partial charge in [0, 0.05) is 58.4 Å². The third-order valence-electron chi connectivity index (χ3n) is 13.4. The van der Waals surface area contributed by atoms with E-state index in [0.717, 1.165) is 70.6 Å². The van der Waals surface area contributed by atoms with Crippen LogP contribution in [-0.4, -0.2) is 243 Å². The molecule has 11 N–H and O–H groups in total. The highest BCUT2D eigenvalue weighted by molar-refractivity contribution is 7.40. The van der Waals surface area contributed by atoms with Crippen LogP contribution in [-0.2, 0) is 90.6 Å². The van der Waals surface area contributed by atoms with Gasteiger partial charge in [-0.2, -0.15) is 0 Å². The Labute approximate surface area is 538 Å². The van der Waals surface area contributed by atoms with Crippen LogP contribution in [0.15, 0.2) is 0 Å². The van der Waals surface area contributed by atoms with Gasteiger partial charge in [0.05, 0.1) is 85.3 Å². The van der Waals surface area contributed by atoms with Crippen LogP contribution < -0.4 is 42.5 Å². The largest absolute Gasteiger partial charge is 0.481 e. The summed E-state index contributed by atoms with van der Waals surface area (Å²) in [6.45, 7) is 5.51.